The standard InChI is InChI=1S/C25H35N9O7/c26-31-29-10-15-40-16-12-34-20-4-2-18-17(1-3-19(20)30-32-34)24(18)41-25(38)28-9-14-39-13-8-27-21(35)7-11-33-22(36)5-6-23(33)37/h5-6,17-18,24H,1-4,7-16H2,(H,27,35)(H,28,38). The normalized spacial score (nSPS) is 20.9. The fourth-order valence-electron chi connectivity index (χ4n) is 5.08. The average Bonchev–Trinajstić information content (AvgIpc) is 3.24. The smallest absolute Gasteiger partial charge is 0.407 e. The highest BCUT2D eigenvalue weighted by atomic mass is 16.6. The van der Waals surface area contributed by atoms with Crippen LogP contribution in [0.5, 0.6) is 0 Å². The summed E-state index contributed by atoms with van der Waals surface area (Å²) in [5, 5.41) is 17.4. The molecule has 2 aliphatic carbocycles. The molecule has 4 amide bonds. The largest absolute Gasteiger partial charge is 0.446 e. The highest BCUT2D eigenvalue weighted by Crippen LogP contribution is 2.49. The second kappa shape index (κ2) is 15.1. The van der Waals surface area contributed by atoms with Crippen LogP contribution in [0, 0.1) is 11.8 Å². The maximum absolute atomic E-state index is 12.3. The van der Waals surface area contributed by atoms with Gasteiger partial charge in [-0.05, 0) is 31.2 Å². The summed E-state index contributed by atoms with van der Waals surface area (Å²) in [7, 11) is 0. The maximum atomic E-state index is 12.3. The Hall–Kier alpha value is -4.01. The topological polar surface area (TPSA) is 203 Å². The molecule has 0 saturated heterocycles. The van der Waals surface area contributed by atoms with Gasteiger partial charge in [0.15, 0.2) is 0 Å². The predicted molar refractivity (Wildman–Crippen MR) is 141 cm³/mol. The highest BCUT2D eigenvalue weighted by molar-refractivity contribution is 6.13. The third-order valence-corrected chi connectivity index (χ3v) is 7.24. The maximum Gasteiger partial charge on any atom is 0.407 e. The van der Waals surface area contributed by atoms with Crippen molar-refractivity contribution in [1.29, 1.82) is 0 Å². The molecule has 0 radical (unpaired) electrons. The number of alkyl carbamates (subject to hydrolysis) is 1. The van der Waals surface area contributed by atoms with Gasteiger partial charge < -0.3 is 24.8 Å². The van der Waals surface area contributed by atoms with Crippen molar-refractivity contribution in [3.8, 4) is 0 Å². The van der Waals surface area contributed by atoms with E-state index in [-0.39, 0.29) is 51.3 Å². The van der Waals surface area contributed by atoms with Crippen LogP contribution in [0.2, 0.25) is 0 Å². The molecule has 1 fully saturated rings. The Balaban J connectivity index is 1.03. The molecule has 41 heavy (non-hydrogen) atoms. The van der Waals surface area contributed by atoms with E-state index in [1.165, 1.54) is 12.2 Å². The number of nitrogens with one attached hydrogen (secondary N) is 2. The van der Waals surface area contributed by atoms with Gasteiger partial charge in [0, 0.05) is 61.5 Å². The summed E-state index contributed by atoms with van der Waals surface area (Å²) in [5.74, 6) is -0.481. The number of carbonyl (C=O) groups excluding carboxylic acids is 4. The molecule has 3 aliphatic rings. The van der Waals surface area contributed by atoms with Crippen LogP contribution in [0.3, 0.4) is 0 Å². The van der Waals surface area contributed by atoms with Gasteiger partial charge in [-0.1, -0.05) is 10.3 Å². The van der Waals surface area contributed by atoms with Gasteiger partial charge in [-0.3, -0.25) is 19.3 Å². The van der Waals surface area contributed by atoms with E-state index >= 15 is 0 Å². The van der Waals surface area contributed by atoms with Gasteiger partial charge in [0.25, 0.3) is 11.8 Å². The average molecular weight is 574 g/mol. The fourth-order valence-corrected chi connectivity index (χ4v) is 5.08. The molecule has 1 aromatic rings. The number of fused-ring (bicyclic) bond motifs is 2. The van der Waals surface area contributed by atoms with E-state index in [0.29, 0.717) is 38.1 Å². The molecule has 3 unspecified atom stereocenters. The van der Waals surface area contributed by atoms with E-state index in [0.717, 1.165) is 42.0 Å². The molecule has 16 heteroatoms. The first-order valence-electron chi connectivity index (χ1n) is 13.8. The van der Waals surface area contributed by atoms with Crippen LogP contribution in [0.15, 0.2) is 17.3 Å². The van der Waals surface area contributed by atoms with Crippen molar-refractivity contribution in [3.63, 3.8) is 0 Å². The molecule has 1 aromatic heterocycles. The molecule has 0 spiro atoms. The van der Waals surface area contributed by atoms with Crippen molar-refractivity contribution < 1.29 is 33.4 Å². The van der Waals surface area contributed by atoms with Crippen LogP contribution in [-0.2, 0) is 48.0 Å². The highest BCUT2D eigenvalue weighted by Gasteiger charge is 2.53. The molecular formula is C25H35N9O7. The number of ether oxygens (including phenoxy) is 3. The number of amides is 4. The zero-order valence-electron chi connectivity index (χ0n) is 22.8. The lowest BCUT2D eigenvalue weighted by Gasteiger charge is -2.13. The molecule has 1 aliphatic heterocycles. The molecule has 2 heterocycles. The molecule has 4 rings (SSSR count). The summed E-state index contributed by atoms with van der Waals surface area (Å²) in [4.78, 5) is 50.8. The minimum Gasteiger partial charge on any atom is -0.446 e. The Labute approximate surface area is 236 Å². The van der Waals surface area contributed by atoms with Crippen LogP contribution in [0.4, 0.5) is 4.79 Å². The molecule has 2 N–H and O–H groups in total. The molecule has 1 saturated carbocycles. The molecule has 222 valence electrons. The van der Waals surface area contributed by atoms with Crippen LogP contribution >= 0.6 is 0 Å². The Morgan fingerprint density at radius 2 is 1.71 bits per heavy atom. The monoisotopic (exact) mass is 573 g/mol. The third-order valence-electron chi connectivity index (χ3n) is 7.24. The van der Waals surface area contributed by atoms with Gasteiger partial charge >= 0.3 is 6.09 Å². The minimum absolute atomic E-state index is 0.0208. The number of aromatic nitrogens is 3. The fraction of sp³-hybridized carbons (Fsp3) is 0.680. The van der Waals surface area contributed by atoms with Crippen molar-refractivity contribution in [1.82, 2.24) is 30.5 Å². The van der Waals surface area contributed by atoms with Crippen molar-refractivity contribution >= 4 is 23.8 Å². The summed E-state index contributed by atoms with van der Waals surface area (Å²) in [5.41, 5.74) is 10.4. The lowest BCUT2D eigenvalue weighted by Crippen LogP contribution is -2.35. The number of rotatable bonds is 16. The number of carbonyl (C=O) groups is 4. The van der Waals surface area contributed by atoms with E-state index in [1.807, 2.05) is 4.68 Å². The third kappa shape index (κ3) is 8.74. The molecule has 0 aromatic carbocycles. The van der Waals surface area contributed by atoms with Crippen LogP contribution < -0.4 is 10.6 Å². The van der Waals surface area contributed by atoms with E-state index in [2.05, 4.69) is 31.0 Å². The number of aryl methyl sites for hydroxylation is 1. The van der Waals surface area contributed by atoms with Crippen LogP contribution in [0.25, 0.3) is 10.4 Å². The zero-order valence-corrected chi connectivity index (χ0v) is 22.8. The SMILES string of the molecule is [N-]=[N+]=NCCOCCn1nnc2c1CCC1C(CC2)C1OC(=O)NCCOCCNC(=O)CCN1C(=O)C=CC1=O. The first-order valence-corrected chi connectivity index (χ1v) is 13.8. The Bertz CT molecular complexity index is 1160. The van der Waals surface area contributed by atoms with Gasteiger partial charge in [-0.2, -0.15) is 0 Å². The van der Waals surface area contributed by atoms with Crippen molar-refractivity contribution in [2.24, 2.45) is 17.0 Å². The van der Waals surface area contributed by atoms with Crippen LogP contribution in [-0.4, -0.2) is 102 Å². The molecule has 3 atom stereocenters. The molecule has 0 bridgehead atoms. The second-order valence-corrected chi connectivity index (χ2v) is 9.85. The Morgan fingerprint density at radius 3 is 2.46 bits per heavy atom. The lowest BCUT2D eigenvalue weighted by molar-refractivity contribution is -0.137. The Morgan fingerprint density at radius 1 is 1.00 bits per heavy atom. The quantitative estimate of drug-likeness (QED) is 0.0915. The van der Waals surface area contributed by atoms with E-state index in [9.17, 15) is 19.2 Å². The summed E-state index contributed by atoms with van der Waals surface area (Å²) in [6.07, 6.45) is 5.16. The summed E-state index contributed by atoms with van der Waals surface area (Å²) >= 11 is 0. The second-order valence-electron chi connectivity index (χ2n) is 9.85. The van der Waals surface area contributed by atoms with E-state index in [1.54, 1.807) is 0 Å². The number of nitrogens with zero attached hydrogens (tertiary/aromatic N) is 7. The molecular weight excluding hydrogens is 538 g/mol. The van der Waals surface area contributed by atoms with Gasteiger partial charge in [0.1, 0.15) is 6.10 Å². The van der Waals surface area contributed by atoms with Gasteiger partial charge in [-0.15, -0.1) is 5.10 Å². The van der Waals surface area contributed by atoms with Gasteiger partial charge in [-0.25, -0.2) is 9.48 Å². The van der Waals surface area contributed by atoms with Gasteiger partial charge in [0.2, 0.25) is 5.91 Å². The predicted octanol–water partition coefficient (Wildman–Crippen LogP) is 0.273. The summed E-state index contributed by atoms with van der Waals surface area (Å²) < 4.78 is 18.4. The first-order chi connectivity index (χ1) is 20.0. The Kier molecular flexibility index (Phi) is 11.0. The number of imide groups is 1. The number of hydrogen-bond donors (Lipinski definition) is 2. The minimum atomic E-state index is -0.473. The van der Waals surface area contributed by atoms with Crippen molar-refractivity contribution in [2.75, 3.05) is 52.6 Å². The van der Waals surface area contributed by atoms with Gasteiger partial charge in [0.05, 0.1) is 44.4 Å². The lowest BCUT2D eigenvalue weighted by atomic mass is 10.0. The van der Waals surface area contributed by atoms with E-state index in [4.69, 9.17) is 19.7 Å². The first kappa shape index (κ1) is 30.0. The zero-order chi connectivity index (χ0) is 29.0. The van der Waals surface area contributed by atoms with Crippen molar-refractivity contribution in [2.45, 2.75) is 44.8 Å². The number of azide groups is 1. The summed E-state index contributed by atoms with van der Waals surface area (Å²) in [6.45, 7) is 2.79. The summed E-state index contributed by atoms with van der Waals surface area (Å²) in [6, 6.07) is 0. The van der Waals surface area contributed by atoms with Crippen molar-refractivity contribution in [3.05, 3.63) is 34.0 Å². The van der Waals surface area contributed by atoms with E-state index < -0.39 is 17.9 Å². The van der Waals surface area contributed by atoms with Crippen LogP contribution in [0.1, 0.15) is 30.7 Å². The number of hydrogen-bond acceptors (Lipinski definition) is 10. The molecule has 16 nitrogen and oxygen atoms in total.